The minimum Gasteiger partial charge on any atom is -1.00 e. The molecule has 20 heteroatoms. The topological polar surface area (TPSA) is 353 Å². The third-order valence-electron chi connectivity index (χ3n) is 0.716. The van der Waals surface area contributed by atoms with Gasteiger partial charge in [-0.3, -0.25) is 0 Å². The van der Waals surface area contributed by atoms with Crippen LogP contribution in [0.1, 0.15) is 0 Å². The fourth-order valence-corrected chi connectivity index (χ4v) is 0.231. The Morgan fingerprint density at radius 2 is 0.536 bits per heavy atom. The summed E-state index contributed by atoms with van der Waals surface area (Å²) in [5.41, 5.74) is 37.7. The maximum Gasteiger partial charge on any atom is 1.00 e. The predicted molar refractivity (Wildman–Crippen MR) is 85.7 cm³/mol. The number of halogens is 2. The number of guanidine groups is 4. The fourth-order valence-electron chi connectivity index (χ4n) is 0.231. The van der Waals surface area contributed by atoms with E-state index in [9.17, 15) is 0 Å². The van der Waals surface area contributed by atoms with Crippen LogP contribution < -0.4 is 55.3 Å². The predicted octanol–water partition coefficient (Wildman–Crippen LogP) is -11.0. The first-order chi connectivity index (χ1) is 11.1. The molecule has 0 radical (unpaired) electrons. The van der Waals surface area contributed by atoms with Crippen LogP contribution in [0.3, 0.4) is 0 Å². The molecule has 0 aromatic carbocycles. The Labute approximate surface area is 189 Å². The van der Waals surface area contributed by atoms with Gasteiger partial charge in [-0.05, 0) is 0 Å². The summed E-state index contributed by atoms with van der Waals surface area (Å²) >= 11 is 0. The van der Waals surface area contributed by atoms with Crippen molar-refractivity contribution in [3.05, 3.63) is 0 Å². The Morgan fingerprint density at radius 3 is 0.536 bits per heavy atom. The maximum absolute atomic E-state index is 7.64. The average molecular weight is 590 g/mol. The van der Waals surface area contributed by atoms with E-state index in [4.69, 9.17) is 66.9 Å². The number of nitrogens with two attached hydrogens (primary N) is 8. The van der Waals surface area contributed by atoms with Crippen LogP contribution in [0.2, 0.25) is 0 Å². The van der Waals surface area contributed by atoms with Crippen LogP contribution in [0.5, 0.6) is 0 Å². The molecule has 0 aliphatic rings. The average Bonchev–Trinajstić information content (AvgIpc) is 2.39. The van der Waals surface area contributed by atoms with Gasteiger partial charge in [-0.25, -0.2) is 0 Å². The van der Waals surface area contributed by atoms with Crippen molar-refractivity contribution in [2.75, 3.05) is 0 Å². The van der Waals surface area contributed by atoms with Crippen LogP contribution in [0, 0.1) is 45.8 Å². The van der Waals surface area contributed by atoms with Gasteiger partial charge in [-0.15, -0.1) is 20.0 Å². The molecule has 0 atom stereocenters. The molecule has 0 saturated heterocycles. The molecule has 16 N–H and O–H groups in total. The van der Waals surface area contributed by atoms with Crippen molar-refractivity contribution in [3.8, 4) is 24.8 Å². The van der Waals surface area contributed by atoms with E-state index in [1.54, 1.807) is 0 Å². The first-order valence-electron chi connectivity index (χ1n) is 4.99. The Bertz CT molecular complexity index is 503. The zero-order valence-electron chi connectivity index (χ0n) is 13.6. The van der Waals surface area contributed by atoms with E-state index in [1.807, 2.05) is 0 Å². The van der Waals surface area contributed by atoms with Crippen LogP contribution >= 0.6 is 0 Å². The van der Waals surface area contributed by atoms with Gasteiger partial charge in [0.05, 0.1) is 0 Å². The van der Waals surface area contributed by atoms with Gasteiger partial charge in [-0.1, -0.05) is 0 Å². The minimum atomic E-state index is -0.197. The van der Waals surface area contributed by atoms with Crippen LogP contribution in [-0.2, 0) is 44.8 Å². The summed E-state index contributed by atoms with van der Waals surface area (Å²) in [4.78, 5) is 11.6. The molecule has 0 heterocycles. The second-order valence-corrected chi connectivity index (χ2v) is 2.55. The summed E-state index contributed by atoms with van der Waals surface area (Å²) in [6.45, 7) is 0. The first-order valence-corrected chi connectivity index (χ1v) is 4.99. The van der Waals surface area contributed by atoms with E-state index in [1.165, 1.54) is 24.8 Å². The van der Waals surface area contributed by atoms with Crippen molar-refractivity contribution in [1.29, 1.82) is 21.0 Å². The van der Waals surface area contributed by atoms with Gasteiger partial charge in [0, 0.05) is 0 Å². The smallest absolute Gasteiger partial charge is 1.00 e. The summed E-state index contributed by atoms with van der Waals surface area (Å²) in [5.74, 6) is -0.787. The number of hydrogen-bond acceptors (Lipinski definition) is 8. The van der Waals surface area contributed by atoms with Crippen LogP contribution in [0.25, 0.3) is 0 Å². The van der Waals surface area contributed by atoms with Gasteiger partial charge in [0.2, 0.25) is 48.6 Å². The van der Waals surface area contributed by atoms with E-state index < -0.39 is 0 Å². The standard InChI is InChI=1S/4C2H4N4.2Ag.2FH/c4*3-1-6-2(4)5;;;;/h4*(H4,4,5,6);;;2*1H/q;;;;2*+1;;/p-2. The SMILES string of the molecule is N#CN=C(N)N.N#CN=C(N)N.N#CN=C(N)N.N#CN=C(N)N.[Ag+].[Ag+].[F-].[F-]. The number of rotatable bonds is 0. The van der Waals surface area contributed by atoms with Crippen molar-refractivity contribution in [2.45, 2.75) is 0 Å². The number of nitriles is 4. The zero-order valence-corrected chi connectivity index (χ0v) is 16.5. The molecule has 28 heavy (non-hydrogen) atoms. The van der Waals surface area contributed by atoms with Gasteiger partial charge in [0.1, 0.15) is 0 Å². The van der Waals surface area contributed by atoms with Gasteiger partial charge in [-0.2, -0.15) is 21.0 Å². The molecule has 0 unspecified atom stereocenters. The summed E-state index contributed by atoms with van der Waals surface area (Å²) < 4.78 is 0. The molecule has 0 aliphatic carbocycles. The largest absolute Gasteiger partial charge is 1.00 e. The summed E-state index contributed by atoms with van der Waals surface area (Å²) in [6.07, 6.45) is 5.62. The van der Waals surface area contributed by atoms with Crippen molar-refractivity contribution >= 4 is 23.8 Å². The fraction of sp³-hybridized carbons (Fsp3) is 0. The molecule has 164 valence electrons. The van der Waals surface area contributed by atoms with Crippen molar-refractivity contribution in [3.63, 3.8) is 0 Å². The van der Waals surface area contributed by atoms with E-state index >= 15 is 0 Å². The molecular formula is C8H16Ag2F2N16. The zero-order chi connectivity index (χ0) is 20.0. The quantitative estimate of drug-likeness (QED) is 0.0564. The van der Waals surface area contributed by atoms with Crippen LogP contribution in [-0.4, -0.2) is 23.8 Å². The summed E-state index contributed by atoms with van der Waals surface area (Å²) in [6, 6.07) is 0. The van der Waals surface area contributed by atoms with E-state index in [0.29, 0.717) is 0 Å². The molecule has 0 aliphatic heterocycles. The monoisotopic (exact) mass is 588 g/mol. The summed E-state index contributed by atoms with van der Waals surface area (Å²) in [7, 11) is 0. The van der Waals surface area contributed by atoms with Crippen LogP contribution in [0.15, 0.2) is 20.0 Å². The molecule has 0 spiro atoms. The first kappa shape index (κ1) is 49.7. The van der Waals surface area contributed by atoms with Crippen molar-refractivity contribution in [2.24, 2.45) is 65.8 Å². The molecule has 0 aromatic rings. The Balaban J connectivity index is -0.0000000303. The molecule has 0 bridgehead atoms. The second-order valence-electron chi connectivity index (χ2n) is 2.55. The number of aliphatic imine (C=N–C) groups is 4. The maximum atomic E-state index is 7.64. The Hall–Kier alpha value is -3.62. The Kier molecular flexibility index (Phi) is 77.4. The van der Waals surface area contributed by atoms with Crippen LogP contribution in [0.4, 0.5) is 0 Å². The van der Waals surface area contributed by atoms with Gasteiger partial charge < -0.3 is 55.3 Å². The molecule has 0 saturated carbocycles. The number of nitrogens with zero attached hydrogens (tertiary/aromatic N) is 8. The van der Waals surface area contributed by atoms with E-state index in [2.05, 4.69) is 20.0 Å². The molecule has 0 aromatic heterocycles. The molecule has 0 amide bonds. The molecule has 0 rings (SSSR count). The molecule has 0 fully saturated rings. The van der Waals surface area contributed by atoms with Gasteiger partial charge >= 0.3 is 44.8 Å². The minimum absolute atomic E-state index is 0. The van der Waals surface area contributed by atoms with Gasteiger partial charge in [0.25, 0.3) is 0 Å². The molecule has 16 nitrogen and oxygen atoms in total. The third-order valence-corrected chi connectivity index (χ3v) is 0.716. The Morgan fingerprint density at radius 1 is 0.429 bits per heavy atom. The van der Waals surface area contributed by atoms with Gasteiger partial charge in [0.15, 0.2) is 0 Å². The van der Waals surface area contributed by atoms with Crippen molar-refractivity contribution in [1.82, 2.24) is 0 Å². The van der Waals surface area contributed by atoms with E-state index in [-0.39, 0.29) is 78.0 Å². The van der Waals surface area contributed by atoms with E-state index in [0.717, 1.165) is 0 Å². The second kappa shape index (κ2) is 43.6. The molecular weight excluding hydrogens is 574 g/mol. The summed E-state index contributed by atoms with van der Waals surface area (Å²) in [5, 5.41) is 30.6. The third kappa shape index (κ3) is 146. The normalized spacial score (nSPS) is 5.00. The number of hydrogen-bond donors (Lipinski definition) is 8. The van der Waals surface area contributed by atoms with Crippen molar-refractivity contribution < 1.29 is 54.2 Å².